The molecular formula is C10H17NO4. The van der Waals surface area contributed by atoms with Gasteiger partial charge in [0.05, 0.1) is 12.0 Å². The van der Waals surface area contributed by atoms with E-state index in [2.05, 4.69) is 0 Å². The van der Waals surface area contributed by atoms with Crippen molar-refractivity contribution in [2.24, 2.45) is 11.7 Å². The fourth-order valence-corrected chi connectivity index (χ4v) is 1.80. The molecule has 0 bridgehead atoms. The van der Waals surface area contributed by atoms with Gasteiger partial charge in [0.15, 0.2) is 0 Å². The lowest BCUT2D eigenvalue weighted by Gasteiger charge is -2.27. The van der Waals surface area contributed by atoms with Crippen molar-refractivity contribution in [3.05, 3.63) is 0 Å². The molecule has 0 radical (unpaired) electrons. The van der Waals surface area contributed by atoms with Gasteiger partial charge in [0.1, 0.15) is 6.10 Å². The molecule has 5 heteroatoms. The van der Waals surface area contributed by atoms with Crippen molar-refractivity contribution in [2.75, 3.05) is 0 Å². The van der Waals surface area contributed by atoms with Crippen LogP contribution in [-0.2, 0) is 14.3 Å². The maximum Gasteiger partial charge on any atom is 0.306 e. The average Bonchev–Trinajstić information content (AvgIpc) is 2.18. The van der Waals surface area contributed by atoms with Gasteiger partial charge in [-0.3, -0.25) is 9.59 Å². The zero-order valence-corrected chi connectivity index (χ0v) is 8.81. The second-order valence-corrected chi connectivity index (χ2v) is 3.99. The Kier molecular flexibility index (Phi) is 4.08. The first kappa shape index (κ1) is 12.0. The van der Waals surface area contributed by atoms with E-state index < -0.39 is 18.0 Å². The quantitative estimate of drug-likeness (QED) is 0.715. The minimum Gasteiger partial charge on any atom is -0.481 e. The Balaban J connectivity index is 2.31. The summed E-state index contributed by atoms with van der Waals surface area (Å²) in [6.07, 6.45) is 2.00. The normalized spacial score (nSPS) is 28.3. The number of hydrogen-bond donors (Lipinski definition) is 2. The molecule has 0 saturated heterocycles. The number of aliphatic carboxylic acids is 1. The summed E-state index contributed by atoms with van der Waals surface area (Å²) in [6, 6.07) is 0. The van der Waals surface area contributed by atoms with Crippen LogP contribution in [0.25, 0.3) is 0 Å². The second-order valence-electron chi connectivity index (χ2n) is 3.99. The average molecular weight is 215 g/mol. The molecule has 1 fully saturated rings. The number of ether oxygens (including phenoxy) is 1. The molecule has 3 N–H and O–H groups in total. The first-order chi connectivity index (χ1) is 7.00. The summed E-state index contributed by atoms with van der Waals surface area (Å²) in [7, 11) is 0. The van der Waals surface area contributed by atoms with E-state index in [-0.39, 0.29) is 12.0 Å². The van der Waals surface area contributed by atoms with Gasteiger partial charge in [-0.25, -0.2) is 0 Å². The maximum atomic E-state index is 10.7. The molecule has 1 aliphatic rings. The summed E-state index contributed by atoms with van der Waals surface area (Å²) < 4.78 is 5.41. The smallest absolute Gasteiger partial charge is 0.306 e. The second kappa shape index (κ2) is 5.11. The molecule has 1 atom stereocenters. The first-order valence-corrected chi connectivity index (χ1v) is 5.18. The van der Waals surface area contributed by atoms with Gasteiger partial charge < -0.3 is 15.6 Å². The molecule has 0 spiro atoms. The van der Waals surface area contributed by atoms with Crippen molar-refractivity contribution in [3.8, 4) is 0 Å². The van der Waals surface area contributed by atoms with Crippen molar-refractivity contribution >= 4 is 11.9 Å². The number of rotatable bonds is 4. The highest BCUT2D eigenvalue weighted by atomic mass is 16.5. The number of carboxylic acid groups (broad SMARTS) is 1. The molecular weight excluding hydrogens is 198 g/mol. The predicted octanol–water partition coefficient (Wildman–Crippen LogP) is 0.520. The summed E-state index contributed by atoms with van der Waals surface area (Å²) in [5.41, 5.74) is 5.07. The van der Waals surface area contributed by atoms with Gasteiger partial charge >= 0.3 is 5.97 Å². The largest absolute Gasteiger partial charge is 0.481 e. The lowest BCUT2D eigenvalue weighted by Crippen LogP contribution is -2.34. The molecule has 0 heterocycles. The minimum absolute atomic E-state index is 0.0249. The van der Waals surface area contributed by atoms with Gasteiger partial charge in [0.2, 0.25) is 5.91 Å². The number of primary amides is 1. The van der Waals surface area contributed by atoms with Crippen LogP contribution in [0.4, 0.5) is 0 Å². The first-order valence-electron chi connectivity index (χ1n) is 5.18. The van der Waals surface area contributed by atoms with Crippen molar-refractivity contribution in [2.45, 2.75) is 44.8 Å². The van der Waals surface area contributed by atoms with Crippen molar-refractivity contribution < 1.29 is 19.4 Å². The number of amides is 1. The Morgan fingerprint density at radius 1 is 1.33 bits per heavy atom. The SMILES string of the molecule is CC(OC1CCC(C(=O)O)CC1)C(N)=O. The molecule has 0 aromatic carbocycles. The topological polar surface area (TPSA) is 89.6 Å². The molecule has 5 nitrogen and oxygen atoms in total. The van der Waals surface area contributed by atoms with Crippen LogP contribution in [0.3, 0.4) is 0 Å². The molecule has 0 aliphatic heterocycles. The summed E-state index contributed by atoms with van der Waals surface area (Å²) in [5.74, 6) is -1.47. The fourth-order valence-electron chi connectivity index (χ4n) is 1.80. The maximum absolute atomic E-state index is 10.7. The Morgan fingerprint density at radius 3 is 2.27 bits per heavy atom. The van der Waals surface area contributed by atoms with Crippen LogP contribution in [0.1, 0.15) is 32.6 Å². The summed E-state index contributed by atoms with van der Waals surface area (Å²) in [4.78, 5) is 21.4. The minimum atomic E-state index is -0.739. The zero-order chi connectivity index (χ0) is 11.4. The highest BCUT2D eigenvalue weighted by Gasteiger charge is 2.27. The zero-order valence-electron chi connectivity index (χ0n) is 8.81. The third kappa shape index (κ3) is 3.51. The Hall–Kier alpha value is -1.10. The van der Waals surface area contributed by atoms with Crippen molar-refractivity contribution in [3.63, 3.8) is 0 Å². The highest BCUT2D eigenvalue weighted by molar-refractivity contribution is 5.78. The van der Waals surface area contributed by atoms with E-state index in [4.69, 9.17) is 15.6 Å². The number of carbonyl (C=O) groups is 2. The number of hydrogen-bond acceptors (Lipinski definition) is 3. The Labute approximate surface area is 88.6 Å². The molecule has 86 valence electrons. The predicted molar refractivity (Wildman–Crippen MR) is 53.1 cm³/mol. The number of carboxylic acids is 1. The van der Waals surface area contributed by atoms with Crippen LogP contribution in [0.2, 0.25) is 0 Å². The van der Waals surface area contributed by atoms with Crippen LogP contribution < -0.4 is 5.73 Å². The molecule has 15 heavy (non-hydrogen) atoms. The van der Waals surface area contributed by atoms with E-state index in [9.17, 15) is 9.59 Å². The molecule has 0 aromatic heterocycles. The van der Waals surface area contributed by atoms with Gasteiger partial charge in [-0.05, 0) is 32.6 Å². The molecule has 1 unspecified atom stereocenters. The lowest BCUT2D eigenvalue weighted by atomic mass is 9.87. The van der Waals surface area contributed by atoms with E-state index >= 15 is 0 Å². The molecule has 1 saturated carbocycles. The van der Waals surface area contributed by atoms with Crippen molar-refractivity contribution in [1.82, 2.24) is 0 Å². The Bertz CT molecular complexity index is 246. The fraction of sp³-hybridized carbons (Fsp3) is 0.800. The van der Waals surface area contributed by atoms with Gasteiger partial charge in [-0.1, -0.05) is 0 Å². The van der Waals surface area contributed by atoms with Crippen LogP contribution in [0.5, 0.6) is 0 Å². The molecule has 1 rings (SSSR count). The summed E-state index contributed by atoms with van der Waals surface area (Å²) in [5, 5.41) is 8.78. The van der Waals surface area contributed by atoms with Crippen LogP contribution in [0.15, 0.2) is 0 Å². The van der Waals surface area contributed by atoms with Crippen molar-refractivity contribution in [1.29, 1.82) is 0 Å². The molecule has 0 aromatic rings. The van der Waals surface area contributed by atoms with Gasteiger partial charge in [0.25, 0.3) is 0 Å². The van der Waals surface area contributed by atoms with Crippen LogP contribution >= 0.6 is 0 Å². The summed E-state index contributed by atoms with van der Waals surface area (Å²) in [6.45, 7) is 1.62. The molecule has 1 amide bonds. The van der Waals surface area contributed by atoms with Gasteiger partial charge in [-0.15, -0.1) is 0 Å². The highest BCUT2D eigenvalue weighted by Crippen LogP contribution is 2.26. The lowest BCUT2D eigenvalue weighted by molar-refractivity contribution is -0.145. The van der Waals surface area contributed by atoms with E-state index in [1.54, 1.807) is 6.92 Å². The third-order valence-electron chi connectivity index (χ3n) is 2.82. The number of carbonyl (C=O) groups excluding carboxylic acids is 1. The van der Waals surface area contributed by atoms with E-state index in [0.29, 0.717) is 25.7 Å². The van der Waals surface area contributed by atoms with E-state index in [0.717, 1.165) is 0 Å². The molecule has 1 aliphatic carbocycles. The van der Waals surface area contributed by atoms with E-state index in [1.807, 2.05) is 0 Å². The van der Waals surface area contributed by atoms with Gasteiger partial charge in [-0.2, -0.15) is 0 Å². The van der Waals surface area contributed by atoms with Gasteiger partial charge in [0, 0.05) is 0 Å². The van der Waals surface area contributed by atoms with E-state index in [1.165, 1.54) is 0 Å². The van der Waals surface area contributed by atoms with Crippen LogP contribution in [-0.4, -0.2) is 29.2 Å². The number of nitrogens with two attached hydrogens (primary N) is 1. The Morgan fingerprint density at radius 2 is 1.87 bits per heavy atom. The third-order valence-corrected chi connectivity index (χ3v) is 2.82. The monoisotopic (exact) mass is 215 g/mol. The standard InChI is InChI=1S/C10H17NO4/c1-6(9(11)12)15-8-4-2-7(3-5-8)10(13)14/h6-8H,2-5H2,1H3,(H2,11,12)(H,13,14). The van der Waals surface area contributed by atoms with Crippen LogP contribution in [0, 0.1) is 5.92 Å². The summed E-state index contributed by atoms with van der Waals surface area (Å²) >= 11 is 0.